The number of hydrogen-bond acceptors (Lipinski definition) is 2. The molecule has 97 heavy (non-hydrogen) atoms. The minimum atomic E-state index is -6.75. The summed E-state index contributed by atoms with van der Waals surface area (Å²) in [4.78, 5) is 4.69. The number of benzene rings is 14. The standard InChI is InChI=1S/C91H64N4OSi/c1-64-54-90(92-62-85(64)68-34-15-5-16-35-68)95-86-49-24-23-46-83(86)84-52-51-76(61-88(84)95)96-75-38-26-37-74(60-75)93-63-94(87-53-50-69(59-89(87)93)65-28-9-2-10-29-65)91-81(47-27-48-82(91)73-56-71(66-30-11-3-12-31-66)55-72(57-73)67-32-13-4-14-33-67)70-36-25-45-80(58-70)97(77-39-17-6-18-40-77,78-41-19-7-20-42-78)79-43-21-8-22-44-79/h2-62H,1H3/i1D3,2D,3D,4D,5D,6D,7D,8D,9D,10D,11D,12D,13D,14D,15D,16D,17D,18D,19D,20D,21D,22D,25D,28D,29D,30D,31D,32D,33D,34D,35D,36D,39D,40D,41D,42D,43D,44D,45D,56D,57D,58D. The average molecular weight is 1300 g/mol. The molecule has 0 bridgehead atoms. The van der Waals surface area contributed by atoms with Crippen LogP contribution in [0.1, 0.15) is 65.9 Å². The van der Waals surface area contributed by atoms with Crippen molar-refractivity contribution < 1.29 is 69.6 Å². The van der Waals surface area contributed by atoms with E-state index in [-0.39, 0.29) is 45.2 Å². The van der Waals surface area contributed by atoms with Crippen molar-refractivity contribution in [2.45, 2.75) is 6.85 Å². The molecule has 0 aliphatic heterocycles. The zero-order valence-electron chi connectivity index (χ0n) is 93.7. The molecule has 0 radical (unpaired) electrons. The van der Waals surface area contributed by atoms with Crippen LogP contribution in [0.25, 0.3) is 117 Å². The lowest BCUT2D eigenvalue weighted by Gasteiger charge is -2.34. The van der Waals surface area contributed by atoms with E-state index in [4.69, 9.17) is 32.2 Å². The second kappa shape index (κ2) is 25.1. The molecule has 0 unspecified atom stereocenters. The van der Waals surface area contributed by atoms with Crippen LogP contribution in [0.15, 0.2) is 369 Å². The topological polar surface area (TPSA) is 35.9 Å². The summed E-state index contributed by atoms with van der Waals surface area (Å²) in [6.45, 7) is -3.01. The smallest absolute Gasteiger partial charge is 0.269 e. The first-order chi connectivity index (χ1) is 66.2. The van der Waals surface area contributed by atoms with Gasteiger partial charge in [0.2, 0.25) is 0 Å². The first kappa shape index (κ1) is 28.2. The van der Waals surface area contributed by atoms with E-state index in [0.29, 0.717) is 21.8 Å². The molecule has 0 aliphatic carbocycles. The highest BCUT2D eigenvalue weighted by molar-refractivity contribution is 7.20. The Bertz CT molecular complexity index is 8020. The molecule has 0 fully saturated rings. The van der Waals surface area contributed by atoms with Crippen LogP contribution in [0.3, 0.4) is 0 Å². The first-order valence-corrected chi connectivity index (χ1v) is 31.5. The van der Waals surface area contributed by atoms with E-state index in [1.54, 1.807) is 47.0 Å². The van der Waals surface area contributed by atoms with Crippen LogP contribution >= 0.6 is 0 Å². The van der Waals surface area contributed by atoms with E-state index in [2.05, 4.69) is 11.3 Å². The highest BCUT2D eigenvalue weighted by Crippen LogP contribution is 2.41. The van der Waals surface area contributed by atoms with Gasteiger partial charge in [-0.2, -0.15) is 0 Å². The number of fused-ring (bicyclic) bond motifs is 4. The van der Waals surface area contributed by atoms with Gasteiger partial charge in [-0.3, -0.25) is 13.7 Å². The maximum atomic E-state index is 11.2. The molecule has 6 heteroatoms. The van der Waals surface area contributed by atoms with E-state index < -0.39 is 350 Å². The van der Waals surface area contributed by atoms with E-state index in [1.807, 2.05) is 0 Å². The maximum Gasteiger partial charge on any atom is 0.269 e. The number of aryl methyl sites for hydroxylation is 1. The molecule has 458 valence electrons. The number of imidazole rings is 1. The molecule has 3 aromatic heterocycles. The van der Waals surface area contributed by atoms with Crippen molar-refractivity contribution in [3.8, 4) is 95.5 Å². The zero-order valence-corrected chi connectivity index (χ0v) is 50.7. The van der Waals surface area contributed by atoms with E-state index >= 15 is 0 Å². The summed E-state index contributed by atoms with van der Waals surface area (Å²) in [7, 11) is -6.75. The molecule has 0 saturated carbocycles. The second-order valence-corrected chi connectivity index (χ2v) is 25.0. The number of aromatic nitrogens is 4. The summed E-state index contributed by atoms with van der Waals surface area (Å²) in [5.41, 5.74) is -8.18. The zero-order chi connectivity index (χ0) is 103. The Morgan fingerprint density at radius 1 is 0.392 bits per heavy atom. The molecule has 0 spiro atoms. The Kier molecular flexibility index (Phi) is 7.30. The van der Waals surface area contributed by atoms with Gasteiger partial charge in [0, 0.05) is 32.7 Å². The predicted molar refractivity (Wildman–Crippen MR) is 403 cm³/mol. The van der Waals surface area contributed by atoms with Crippen LogP contribution in [-0.2, 0) is 0 Å². The maximum absolute atomic E-state index is 11.2. The Balaban J connectivity index is 1.02. The largest absolute Gasteiger partial charge is 0.458 e. The van der Waals surface area contributed by atoms with Crippen molar-refractivity contribution in [1.29, 1.82) is 0 Å². The molecule has 14 aromatic carbocycles. The van der Waals surface area contributed by atoms with Gasteiger partial charge in [0.15, 0.2) is 8.07 Å². The van der Waals surface area contributed by atoms with Gasteiger partial charge in [-0.25, -0.2) is 4.98 Å². The summed E-state index contributed by atoms with van der Waals surface area (Å²) >= 11 is 0. The monoisotopic (exact) mass is 1300 g/mol. The molecular weight excluding hydrogens is 1190 g/mol. The molecule has 0 aliphatic rings. The van der Waals surface area contributed by atoms with Crippen molar-refractivity contribution in [3.05, 3.63) is 381 Å². The van der Waals surface area contributed by atoms with Crippen molar-refractivity contribution in [3.63, 3.8) is 0 Å². The van der Waals surface area contributed by atoms with Crippen molar-refractivity contribution in [1.82, 2.24) is 14.1 Å². The van der Waals surface area contributed by atoms with Crippen molar-refractivity contribution in [2.24, 2.45) is 0 Å². The molecule has 17 aromatic rings. The molecule has 5 nitrogen and oxygen atoms in total. The molecule has 17 rings (SSSR count). The average Bonchev–Trinajstić information content (AvgIpc) is 1.52. The summed E-state index contributed by atoms with van der Waals surface area (Å²) in [5, 5.41) is -3.85. The Hall–Kier alpha value is -12.5. The van der Waals surface area contributed by atoms with E-state index in [0.717, 1.165) is 35.0 Å². The quantitative estimate of drug-likeness (QED) is 0.0444. The summed E-state index contributed by atoms with van der Waals surface area (Å²) in [6.07, 6.45) is 4.35. The normalized spacial score (nSPS) is 18.1. The third-order valence-corrected chi connectivity index (χ3v) is 20.1. The summed E-state index contributed by atoms with van der Waals surface area (Å²) in [5.74, 6) is -0.00758. The van der Waals surface area contributed by atoms with E-state index in [1.165, 1.54) is 53.1 Å². The molecule has 0 amide bonds. The minimum absolute atomic E-state index is 0.0235. The SMILES string of the molecule is [2H]c1c([2H])c([2H])c(-c2ccc3c(c2)n(-c2cccc(Oc4ccc5c6ccccc6n(-c6cc(C([2H])([2H])[2H])c(-c7c([2H])c([2H])c([2H])c([2H])c7[2H])cn6)c5c4)c2)[c-][n+]3-c2c(-c3c([2H])c(-c4c([2H])c([2H])c([2H])c([2H])c4[2H])cc(-c4c([2H])c([2H])c([2H])c([2H])c4[2H])c3[2H])cccc2-c2c([2H])c([2H])c([2H])c([Si](c3c([2H])c([2H])c([2H])c([2H])c3[2H])(c3c([2H])c([2H])c([2H])c([2H])c3[2H])c3c([2H])c([2H])c([2H])c([2H])c3[2H])c2[2H])c([2H])c1[2H]. The molecule has 0 N–H and O–H groups in total. The van der Waals surface area contributed by atoms with Crippen LogP contribution in [0.5, 0.6) is 11.5 Å². The molecular formula is C91H64N4OSi. The van der Waals surface area contributed by atoms with Gasteiger partial charge in [0.1, 0.15) is 17.3 Å². The van der Waals surface area contributed by atoms with Gasteiger partial charge < -0.3 is 4.74 Å². The molecule has 0 saturated heterocycles. The fraction of sp³-hybridized carbons (Fsp3) is 0.0110. The van der Waals surface area contributed by atoms with Crippen LogP contribution in [-0.4, -0.2) is 22.2 Å². The summed E-state index contributed by atoms with van der Waals surface area (Å²) in [6, 6.07) is -17.4. The van der Waals surface area contributed by atoms with E-state index in [9.17, 15) is 32.9 Å². The van der Waals surface area contributed by atoms with Crippen LogP contribution in [0.2, 0.25) is 0 Å². The van der Waals surface area contributed by atoms with Crippen LogP contribution in [0, 0.1) is 13.2 Å². The fourth-order valence-electron chi connectivity index (χ4n) is 11.9. The van der Waals surface area contributed by atoms with Gasteiger partial charge >= 0.3 is 0 Å². The molecule has 3 heterocycles. The predicted octanol–water partition coefficient (Wildman–Crippen LogP) is 19.7. The van der Waals surface area contributed by atoms with Crippen LogP contribution < -0.4 is 30.1 Å². The lowest BCUT2D eigenvalue weighted by molar-refractivity contribution is -0.571. The first-order valence-electron chi connectivity index (χ1n) is 51.5. The van der Waals surface area contributed by atoms with Crippen molar-refractivity contribution in [2.75, 3.05) is 0 Å². The number of hydrogen-bond donors (Lipinski definition) is 0. The van der Waals surface area contributed by atoms with Gasteiger partial charge in [0.25, 0.3) is 6.33 Å². The lowest BCUT2D eigenvalue weighted by Crippen LogP contribution is -2.74. The Labute approximate surface area is 627 Å². The number of nitrogens with zero attached hydrogens (tertiary/aromatic N) is 4. The number of pyridine rings is 1. The summed E-state index contributed by atoms with van der Waals surface area (Å²) < 4.78 is 422. The molecule has 0 atom stereocenters. The highest BCUT2D eigenvalue weighted by atomic mass is 28.3. The second-order valence-electron chi connectivity index (χ2n) is 21.5. The lowest BCUT2D eigenvalue weighted by atomic mass is 9.90. The van der Waals surface area contributed by atoms with Gasteiger partial charge in [-0.05, 0) is 161 Å². The van der Waals surface area contributed by atoms with Crippen LogP contribution in [0.4, 0.5) is 0 Å². The Morgan fingerprint density at radius 3 is 1.56 bits per heavy atom. The van der Waals surface area contributed by atoms with Gasteiger partial charge in [0.05, 0.1) is 89.6 Å². The van der Waals surface area contributed by atoms with Gasteiger partial charge in [-0.1, -0.05) is 290 Å². The highest BCUT2D eigenvalue weighted by Gasteiger charge is 2.41. The van der Waals surface area contributed by atoms with Crippen molar-refractivity contribution >= 4 is 61.7 Å². The number of ether oxygens (including phenoxy) is 1. The minimum Gasteiger partial charge on any atom is -0.458 e. The fourth-order valence-corrected chi connectivity index (χ4v) is 15.4. The third-order valence-electron chi connectivity index (χ3n) is 16.1. The Morgan fingerprint density at radius 2 is 0.928 bits per heavy atom. The van der Waals surface area contributed by atoms with Gasteiger partial charge in [-0.15, -0.1) is 0 Å². The third kappa shape index (κ3) is 10.7. The number of rotatable bonds is 15. The number of para-hydroxylation sites is 2.